The third-order valence-corrected chi connectivity index (χ3v) is 7.98. The van der Waals surface area contributed by atoms with Crippen molar-refractivity contribution in [1.82, 2.24) is 10.3 Å². The summed E-state index contributed by atoms with van der Waals surface area (Å²) >= 11 is 8.94. The number of piperidine rings is 1. The second-order valence-electron chi connectivity index (χ2n) is 7.75. The van der Waals surface area contributed by atoms with Crippen molar-refractivity contribution in [3.05, 3.63) is 106 Å². The largest absolute Gasteiger partial charge is 0.439 e. The van der Waals surface area contributed by atoms with Gasteiger partial charge in [-0.2, -0.15) is 11.3 Å². The number of ketones is 1. The molecule has 1 saturated heterocycles. The lowest BCUT2D eigenvalue weighted by atomic mass is 9.79. The van der Waals surface area contributed by atoms with Crippen molar-refractivity contribution in [2.75, 3.05) is 0 Å². The zero-order valence-electron chi connectivity index (χ0n) is 17.8. The molecule has 0 aliphatic carbocycles. The predicted molar refractivity (Wildman–Crippen MR) is 135 cm³/mol. The number of hydrogen-bond acceptors (Lipinski definition) is 6. The number of carbonyl (C=O) groups excluding carboxylic acids is 2. The van der Waals surface area contributed by atoms with Crippen LogP contribution >= 0.6 is 34.7 Å². The van der Waals surface area contributed by atoms with E-state index in [0.29, 0.717) is 27.2 Å². The summed E-state index contributed by atoms with van der Waals surface area (Å²) in [5.74, 6) is 0.476. The van der Waals surface area contributed by atoms with Gasteiger partial charge in [0, 0.05) is 17.4 Å². The molecule has 2 aromatic carbocycles. The van der Waals surface area contributed by atoms with Crippen molar-refractivity contribution in [1.29, 1.82) is 0 Å². The molecule has 4 aromatic rings. The van der Waals surface area contributed by atoms with Crippen LogP contribution in [0.25, 0.3) is 0 Å². The fourth-order valence-electron chi connectivity index (χ4n) is 3.91. The van der Waals surface area contributed by atoms with Gasteiger partial charge in [0.05, 0.1) is 10.7 Å². The van der Waals surface area contributed by atoms with Crippen molar-refractivity contribution in [3.63, 3.8) is 0 Å². The Morgan fingerprint density at radius 2 is 1.79 bits per heavy atom. The summed E-state index contributed by atoms with van der Waals surface area (Å²) in [6, 6.07) is 23.8. The number of benzene rings is 2. The highest BCUT2D eigenvalue weighted by molar-refractivity contribution is 8.01. The van der Waals surface area contributed by atoms with Crippen LogP contribution in [0.2, 0.25) is 5.02 Å². The van der Waals surface area contributed by atoms with Gasteiger partial charge in [-0.15, -0.1) is 11.8 Å². The quantitative estimate of drug-likeness (QED) is 0.321. The number of carbonyl (C=O) groups is 2. The minimum Gasteiger partial charge on any atom is -0.439 e. The minimum absolute atomic E-state index is 0.0688. The van der Waals surface area contributed by atoms with Crippen LogP contribution in [0.4, 0.5) is 0 Å². The molecule has 2 unspecified atom stereocenters. The number of halogens is 1. The first-order valence-electron chi connectivity index (χ1n) is 10.5. The van der Waals surface area contributed by atoms with Gasteiger partial charge in [0.2, 0.25) is 11.8 Å². The molecule has 0 spiro atoms. The lowest BCUT2D eigenvalue weighted by molar-refractivity contribution is -0.133. The van der Waals surface area contributed by atoms with Crippen LogP contribution in [0.1, 0.15) is 17.7 Å². The molecule has 3 heterocycles. The van der Waals surface area contributed by atoms with Gasteiger partial charge in [0.15, 0.2) is 5.78 Å². The molecule has 5 rings (SSSR count). The zero-order valence-corrected chi connectivity index (χ0v) is 20.2. The molecule has 1 N–H and O–H groups in total. The monoisotopic (exact) mass is 506 g/mol. The van der Waals surface area contributed by atoms with Crippen molar-refractivity contribution >= 4 is 46.4 Å². The average Bonchev–Trinajstić information content (AvgIpc) is 3.39. The van der Waals surface area contributed by atoms with E-state index in [0.717, 1.165) is 5.56 Å². The fourth-order valence-corrected chi connectivity index (χ4v) is 5.88. The molecule has 34 heavy (non-hydrogen) atoms. The van der Waals surface area contributed by atoms with Crippen molar-refractivity contribution < 1.29 is 14.3 Å². The summed E-state index contributed by atoms with van der Waals surface area (Å²) in [7, 11) is 0. The second-order valence-corrected chi connectivity index (χ2v) is 10.1. The lowest BCUT2D eigenvalue weighted by Gasteiger charge is -2.39. The number of aromatic nitrogens is 1. The Kier molecular flexibility index (Phi) is 6.41. The summed E-state index contributed by atoms with van der Waals surface area (Å²) in [6.45, 7) is 0. The van der Waals surface area contributed by atoms with Crippen LogP contribution in [0.3, 0.4) is 0 Å². The number of ether oxygens (including phenoxy) is 1. The third-order valence-electron chi connectivity index (χ3n) is 5.53. The second kappa shape index (κ2) is 9.62. The van der Waals surface area contributed by atoms with E-state index in [-0.39, 0.29) is 18.1 Å². The summed E-state index contributed by atoms with van der Waals surface area (Å²) in [4.78, 5) is 32.1. The standard InChI is InChI=1S/C26H19ClN2O3S2/c27-19-9-4-5-10-21(19)34-24-20(30)15-26(29-25(24)31,17-13-14-33-16-17)22-11-6-12-23(28-22)32-18-7-2-1-3-8-18/h1-14,16,24H,15H2,(H,29,31). The number of nitrogens with zero attached hydrogens (tertiary/aromatic N) is 1. The first-order chi connectivity index (χ1) is 16.5. The summed E-state index contributed by atoms with van der Waals surface area (Å²) in [5.41, 5.74) is 0.272. The zero-order chi connectivity index (χ0) is 23.5. The SMILES string of the molecule is O=C1CC(c2ccsc2)(c2cccc(Oc3ccccc3)n2)NC(=O)C1Sc1ccccc1Cl. The number of thiophene rings is 1. The van der Waals surface area contributed by atoms with E-state index in [2.05, 4.69) is 5.32 Å². The van der Waals surface area contributed by atoms with Crippen LogP contribution in [0.5, 0.6) is 11.6 Å². The first-order valence-corrected chi connectivity index (χ1v) is 12.7. The maximum absolute atomic E-state index is 13.4. The summed E-state index contributed by atoms with van der Waals surface area (Å²) in [5, 5.41) is 6.59. The lowest BCUT2D eigenvalue weighted by Crippen LogP contribution is -2.58. The number of nitrogens with one attached hydrogen (secondary N) is 1. The Bertz CT molecular complexity index is 1310. The van der Waals surface area contributed by atoms with Crippen molar-refractivity contribution in [3.8, 4) is 11.6 Å². The molecule has 1 aliphatic heterocycles. The smallest absolute Gasteiger partial charge is 0.242 e. The van der Waals surface area contributed by atoms with Crippen LogP contribution in [-0.4, -0.2) is 21.9 Å². The summed E-state index contributed by atoms with van der Waals surface area (Å²) < 4.78 is 5.91. The number of para-hydroxylation sites is 1. The fraction of sp³-hybridized carbons (Fsp3) is 0.115. The highest BCUT2D eigenvalue weighted by atomic mass is 35.5. The third kappa shape index (κ3) is 4.46. The number of thioether (sulfide) groups is 1. The highest BCUT2D eigenvalue weighted by Gasteiger charge is 2.48. The molecule has 0 bridgehead atoms. The van der Waals surface area contributed by atoms with Crippen molar-refractivity contribution in [2.45, 2.75) is 22.1 Å². The molecule has 0 saturated carbocycles. The number of hydrogen-bond donors (Lipinski definition) is 1. The van der Waals surface area contributed by atoms with Gasteiger partial charge >= 0.3 is 0 Å². The molecule has 1 fully saturated rings. The molecule has 2 atom stereocenters. The van der Waals surface area contributed by atoms with Gasteiger partial charge in [-0.3, -0.25) is 9.59 Å². The van der Waals surface area contributed by atoms with Gasteiger partial charge in [-0.25, -0.2) is 4.98 Å². The molecule has 5 nitrogen and oxygen atoms in total. The number of rotatable bonds is 6. The van der Waals surface area contributed by atoms with E-state index in [4.69, 9.17) is 21.3 Å². The Morgan fingerprint density at radius 1 is 1.00 bits per heavy atom. The molecule has 1 aliphatic rings. The molecule has 170 valence electrons. The Balaban J connectivity index is 1.49. The van der Waals surface area contributed by atoms with E-state index in [1.54, 1.807) is 18.2 Å². The Morgan fingerprint density at radius 3 is 2.53 bits per heavy atom. The van der Waals surface area contributed by atoms with E-state index in [1.165, 1.54) is 23.1 Å². The Hall–Kier alpha value is -3.13. The Labute approximate surface area is 210 Å². The number of Topliss-reactive ketones (excluding diaryl/α,β-unsaturated/α-hetero) is 1. The van der Waals surface area contributed by atoms with Gasteiger partial charge < -0.3 is 10.1 Å². The van der Waals surface area contributed by atoms with E-state index >= 15 is 0 Å². The molecule has 8 heteroatoms. The molecular weight excluding hydrogens is 488 g/mol. The first kappa shape index (κ1) is 22.7. The van der Waals surface area contributed by atoms with E-state index < -0.39 is 10.8 Å². The van der Waals surface area contributed by atoms with Crippen LogP contribution in [0.15, 0.2) is 94.5 Å². The summed E-state index contributed by atoms with van der Waals surface area (Å²) in [6.07, 6.45) is 0.0688. The molecule has 0 radical (unpaired) electrons. The van der Waals surface area contributed by atoms with Gasteiger partial charge in [-0.05, 0) is 52.7 Å². The van der Waals surface area contributed by atoms with Crippen LogP contribution < -0.4 is 10.1 Å². The molecular formula is C26H19ClN2O3S2. The van der Waals surface area contributed by atoms with E-state index in [9.17, 15) is 9.59 Å². The minimum atomic E-state index is -1.08. The number of amides is 1. The van der Waals surface area contributed by atoms with Crippen molar-refractivity contribution in [2.24, 2.45) is 0 Å². The average molecular weight is 507 g/mol. The van der Waals surface area contributed by atoms with Crippen LogP contribution in [0, 0.1) is 0 Å². The predicted octanol–water partition coefficient (Wildman–Crippen LogP) is 6.08. The number of pyridine rings is 1. The van der Waals surface area contributed by atoms with E-state index in [1.807, 2.05) is 71.4 Å². The van der Waals surface area contributed by atoms with Gasteiger partial charge in [0.1, 0.15) is 16.5 Å². The maximum Gasteiger partial charge on any atom is 0.242 e. The molecule has 1 amide bonds. The van der Waals surface area contributed by atoms with Gasteiger partial charge in [0.25, 0.3) is 0 Å². The highest BCUT2D eigenvalue weighted by Crippen LogP contribution is 2.41. The normalized spacial score (nSPS) is 20.1. The van der Waals surface area contributed by atoms with Crippen LogP contribution in [-0.2, 0) is 15.1 Å². The topological polar surface area (TPSA) is 68.3 Å². The maximum atomic E-state index is 13.4. The van der Waals surface area contributed by atoms with Gasteiger partial charge in [-0.1, -0.05) is 48.0 Å². The molecule has 2 aromatic heterocycles.